The maximum Gasteiger partial charge on any atom is 0.137 e. The van der Waals surface area contributed by atoms with E-state index in [0.29, 0.717) is 18.6 Å². The molecule has 0 unspecified atom stereocenters. The Balaban J connectivity index is 2.10. The predicted octanol–water partition coefficient (Wildman–Crippen LogP) is 0.182. The van der Waals surface area contributed by atoms with Gasteiger partial charge in [-0.25, -0.2) is 9.67 Å². The second kappa shape index (κ2) is 1.90. The summed E-state index contributed by atoms with van der Waals surface area (Å²) in [6.45, 7) is 0. The van der Waals surface area contributed by atoms with Crippen molar-refractivity contribution in [1.29, 1.82) is 0 Å². The third-order valence-electron chi connectivity index (χ3n) is 1.74. The Hall–Kier alpha value is -1.19. The third-order valence-corrected chi connectivity index (χ3v) is 1.74. The Morgan fingerprint density at radius 3 is 2.90 bits per heavy atom. The second-order valence-electron chi connectivity index (χ2n) is 2.48. The SMILES string of the molecule is O=C1CC(n2cncn2)C1. The van der Waals surface area contributed by atoms with Crippen molar-refractivity contribution < 1.29 is 4.79 Å². The monoisotopic (exact) mass is 137 g/mol. The van der Waals surface area contributed by atoms with Crippen LogP contribution in [0.2, 0.25) is 0 Å². The van der Waals surface area contributed by atoms with Crippen molar-refractivity contribution in [3.63, 3.8) is 0 Å². The van der Waals surface area contributed by atoms with Gasteiger partial charge in [-0.2, -0.15) is 5.10 Å². The van der Waals surface area contributed by atoms with E-state index in [4.69, 9.17) is 0 Å². The summed E-state index contributed by atoms with van der Waals surface area (Å²) in [5.74, 6) is 0.320. The molecule has 4 heteroatoms. The lowest BCUT2D eigenvalue weighted by Gasteiger charge is -2.23. The van der Waals surface area contributed by atoms with Crippen molar-refractivity contribution >= 4 is 5.78 Å². The molecule has 0 N–H and O–H groups in total. The van der Waals surface area contributed by atoms with Crippen molar-refractivity contribution in [2.45, 2.75) is 18.9 Å². The lowest BCUT2D eigenvalue weighted by atomic mass is 9.92. The molecule has 0 amide bonds. The molecule has 2 rings (SSSR count). The van der Waals surface area contributed by atoms with Gasteiger partial charge < -0.3 is 0 Å². The summed E-state index contributed by atoms with van der Waals surface area (Å²) in [6.07, 6.45) is 4.40. The summed E-state index contributed by atoms with van der Waals surface area (Å²) < 4.78 is 1.74. The van der Waals surface area contributed by atoms with Gasteiger partial charge in [-0.3, -0.25) is 4.79 Å². The van der Waals surface area contributed by atoms with E-state index >= 15 is 0 Å². The molecule has 52 valence electrons. The van der Waals surface area contributed by atoms with E-state index in [9.17, 15) is 4.79 Å². The van der Waals surface area contributed by atoms with Crippen LogP contribution in [0.4, 0.5) is 0 Å². The Bertz CT molecular complexity index is 234. The van der Waals surface area contributed by atoms with Crippen LogP contribution in [0.1, 0.15) is 18.9 Å². The van der Waals surface area contributed by atoms with E-state index in [1.165, 1.54) is 6.33 Å². The molecule has 1 aliphatic rings. The van der Waals surface area contributed by atoms with Crippen LogP contribution >= 0.6 is 0 Å². The summed E-state index contributed by atoms with van der Waals surface area (Å²) in [5, 5.41) is 3.93. The summed E-state index contributed by atoms with van der Waals surface area (Å²) in [6, 6.07) is 0.287. The first-order valence-electron chi connectivity index (χ1n) is 3.22. The second-order valence-corrected chi connectivity index (χ2v) is 2.48. The molecule has 1 fully saturated rings. The number of aromatic nitrogens is 3. The molecule has 1 aromatic heterocycles. The highest BCUT2D eigenvalue weighted by atomic mass is 16.1. The van der Waals surface area contributed by atoms with E-state index in [2.05, 4.69) is 10.1 Å². The van der Waals surface area contributed by atoms with Crippen LogP contribution in [0.5, 0.6) is 0 Å². The zero-order valence-electron chi connectivity index (χ0n) is 5.40. The average molecular weight is 137 g/mol. The highest BCUT2D eigenvalue weighted by molar-refractivity contribution is 5.85. The van der Waals surface area contributed by atoms with Gasteiger partial charge in [-0.15, -0.1) is 0 Å². The number of rotatable bonds is 1. The van der Waals surface area contributed by atoms with Gasteiger partial charge >= 0.3 is 0 Å². The Morgan fingerprint density at radius 1 is 1.60 bits per heavy atom. The standard InChI is InChI=1S/C6H7N3O/c10-6-1-5(2-6)9-4-7-3-8-9/h3-5H,1-2H2. The first-order chi connectivity index (χ1) is 4.86. The topological polar surface area (TPSA) is 47.8 Å². The fourth-order valence-corrected chi connectivity index (χ4v) is 1.06. The molecule has 4 nitrogen and oxygen atoms in total. The molecule has 1 aliphatic carbocycles. The van der Waals surface area contributed by atoms with Gasteiger partial charge in [0.2, 0.25) is 0 Å². The first-order valence-corrected chi connectivity index (χ1v) is 3.22. The summed E-state index contributed by atoms with van der Waals surface area (Å²) in [4.78, 5) is 14.3. The van der Waals surface area contributed by atoms with Crippen molar-refractivity contribution in [2.75, 3.05) is 0 Å². The molecule has 0 bridgehead atoms. The molecule has 0 saturated heterocycles. The minimum absolute atomic E-state index is 0.287. The van der Waals surface area contributed by atoms with Crippen LogP contribution in [-0.2, 0) is 4.79 Å². The largest absolute Gasteiger partial charge is 0.300 e. The van der Waals surface area contributed by atoms with Gasteiger partial charge in [0, 0.05) is 12.8 Å². The molecule has 0 radical (unpaired) electrons. The van der Waals surface area contributed by atoms with Crippen LogP contribution < -0.4 is 0 Å². The zero-order chi connectivity index (χ0) is 6.97. The number of Topliss-reactive ketones (excluding diaryl/α,β-unsaturated/α-hetero) is 1. The normalized spacial score (nSPS) is 19.0. The highest BCUT2D eigenvalue weighted by Gasteiger charge is 2.28. The molecule has 0 atom stereocenters. The Morgan fingerprint density at radius 2 is 2.40 bits per heavy atom. The van der Waals surface area contributed by atoms with E-state index < -0.39 is 0 Å². The lowest BCUT2D eigenvalue weighted by Crippen LogP contribution is -2.26. The lowest BCUT2D eigenvalue weighted by molar-refractivity contribution is -0.126. The van der Waals surface area contributed by atoms with E-state index in [1.807, 2.05) is 0 Å². The average Bonchev–Trinajstić information content (AvgIpc) is 2.31. The van der Waals surface area contributed by atoms with Crippen LogP contribution in [0, 0.1) is 0 Å². The van der Waals surface area contributed by atoms with Crippen molar-refractivity contribution in [3.8, 4) is 0 Å². The number of hydrogen-bond acceptors (Lipinski definition) is 3. The third kappa shape index (κ3) is 0.725. The minimum Gasteiger partial charge on any atom is -0.300 e. The highest BCUT2D eigenvalue weighted by Crippen LogP contribution is 2.26. The zero-order valence-corrected chi connectivity index (χ0v) is 5.40. The van der Waals surface area contributed by atoms with Crippen molar-refractivity contribution in [1.82, 2.24) is 14.8 Å². The molecular formula is C6H7N3O. The molecular weight excluding hydrogens is 130 g/mol. The van der Waals surface area contributed by atoms with Crippen LogP contribution in [0.3, 0.4) is 0 Å². The van der Waals surface area contributed by atoms with Gasteiger partial charge in [0.15, 0.2) is 0 Å². The maximum atomic E-state index is 10.5. The Labute approximate surface area is 57.9 Å². The number of nitrogens with zero attached hydrogens (tertiary/aromatic N) is 3. The maximum absolute atomic E-state index is 10.5. The smallest absolute Gasteiger partial charge is 0.137 e. The van der Waals surface area contributed by atoms with E-state index in [-0.39, 0.29) is 6.04 Å². The first kappa shape index (κ1) is 5.58. The molecule has 0 aliphatic heterocycles. The molecule has 1 aromatic rings. The molecule has 10 heavy (non-hydrogen) atoms. The van der Waals surface area contributed by atoms with Gasteiger partial charge in [0.1, 0.15) is 18.4 Å². The summed E-state index contributed by atoms with van der Waals surface area (Å²) in [5.41, 5.74) is 0. The van der Waals surface area contributed by atoms with E-state index in [1.54, 1.807) is 11.0 Å². The molecule has 0 spiro atoms. The summed E-state index contributed by atoms with van der Waals surface area (Å²) >= 11 is 0. The molecule has 1 heterocycles. The minimum atomic E-state index is 0.287. The van der Waals surface area contributed by atoms with E-state index in [0.717, 1.165) is 0 Å². The van der Waals surface area contributed by atoms with Gasteiger partial charge in [-0.1, -0.05) is 0 Å². The molecule has 0 aromatic carbocycles. The van der Waals surface area contributed by atoms with Crippen LogP contribution in [0.15, 0.2) is 12.7 Å². The number of carbonyl (C=O) groups excluding carboxylic acids is 1. The predicted molar refractivity (Wildman–Crippen MR) is 33.3 cm³/mol. The van der Waals surface area contributed by atoms with Gasteiger partial charge in [0.25, 0.3) is 0 Å². The number of carbonyl (C=O) groups is 1. The molecule has 1 saturated carbocycles. The van der Waals surface area contributed by atoms with Gasteiger partial charge in [0.05, 0.1) is 6.04 Å². The quantitative estimate of drug-likeness (QED) is 0.554. The van der Waals surface area contributed by atoms with Gasteiger partial charge in [-0.05, 0) is 0 Å². The number of ketones is 1. The Kier molecular flexibility index (Phi) is 1.06. The van der Waals surface area contributed by atoms with Crippen LogP contribution in [0.25, 0.3) is 0 Å². The van der Waals surface area contributed by atoms with Crippen molar-refractivity contribution in [2.24, 2.45) is 0 Å². The number of hydrogen-bond donors (Lipinski definition) is 0. The fraction of sp³-hybridized carbons (Fsp3) is 0.500. The summed E-state index contributed by atoms with van der Waals surface area (Å²) in [7, 11) is 0. The van der Waals surface area contributed by atoms with Crippen molar-refractivity contribution in [3.05, 3.63) is 12.7 Å². The van der Waals surface area contributed by atoms with Crippen LogP contribution in [-0.4, -0.2) is 20.5 Å². The fourth-order valence-electron chi connectivity index (χ4n) is 1.06.